The van der Waals surface area contributed by atoms with Gasteiger partial charge in [0, 0.05) is 30.3 Å². The highest BCUT2D eigenvalue weighted by atomic mass is 35.5. The molecule has 0 aliphatic heterocycles. The molecule has 0 aromatic heterocycles. The van der Waals surface area contributed by atoms with E-state index in [1.165, 1.54) is 0 Å². The van der Waals surface area contributed by atoms with Crippen molar-refractivity contribution >= 4 is 35.2 Å². The summed E-state index contributed by atoms with van der Waals surface area (Å²) in [7, 11) is 0. The summed E-state index contributed by atoms with van der Waals surface area (Å²) in [5.74, 6) is 1.15. The van der Waals surface area contributed by atoms with E-state index in [4.69, 9.17) is 11.6 Å². The lowest BCUT2D eigenvalue weighted by Gasteiger charge is -2.32. The number of hydrogen-bond donors (Lipinski definition) is 1. The van der Waals surface area contributed by atoms with Crippen LogP contribution < -0.4 is 5.32 Å². The second kappa shape index (κ2) is 14.1. The number of thioether (sulfide) groups is 1. The lowest BCUT2D eigenvalue weighted by atomic mass is 10.0. The highest BCUT2D eigenvalue weighted by Crippen LogP contribution is 2.20. The molecule has 0 saturated heterocycles. The van der Waals surface area contributed by atoms with Gasteiger partial charge in [0.2, 0.25) is 11.8 Å². The van der Waals surface area contributed by atoms with Gasteiger partial charge < -0.3 is 10.2 Å². The number of aryl methyl sites for hydroxylation is 1. The molecular weight excluding hydrogens is 488 g/mol. The first-order chi connectivity index (χ1) is 17.3. The molecule has 0 fully saturated rings. The quantitative estimate of drug-likeness (QED) is 0.304. The number of carbonyl (C=O) groups excluding carboxylic acids is 2. The molecule has 0 heterocycles. The second-order valence-corrected chi connectivity index (χ2v) is 10.9. The summed E-state index contributed by atoms with van der Waals surface area (Å²) in [6.07, 6.45) is 0.462. The van der Waals surface area contributed by atoms with E-state index >= 15 is 0 Å². The lowest BCUT2D eigenvalue weighted by molar-refractivity contribution is -0.139. The number of nitrogens with one attached hydrogen (secondary N) is 1. The van der Waals surface area contributed by atoms with E-state index in [-0.39, 0.29) is 17.6 Å². The molecule has 3 aromatic rings. The van der Waals surface area contributed by atoms with Gasteiger partial charge in [-0.05, 0) is 41.7 Å². The van der Waals surface area contributed by atoms with Crippen LogP contribution in [0.5, 0.6) is 0 Å². The van der Waals surface area contributed by atoms with Gasteiger partial charge >= 0.3 is 0 Å². The fourth-order valence-corrected chi connectivity index (χ4v) is 4.90. The summed E-state index contributed by atoms with van der Waals surface area (Å²) < 4.78 is 0. The molecule has 190 valence electrons. The number of nitrogens with zero attached hydrogens (tertiary/aromatic N) is 1. The van der Waals surface area contributed by atoms with Gasteiger partial charge in [0.1, 0.15) is 6.04 Å². The first-order valence-electron chi connectivity index (χ1n) is 12.3. The molecule has 6 heteroatoms. The first-order valence-corrected chi connectivity index (χ1v) is 13.8. The van der Waals surface area contributed by atoms with Crippen LogP contribution in [0.2, 0.25) is 5.02 Å². The molecule has 0 aliphatic rings. The Hall–Kier alpha value is -2.76. The van der Waals surface area contributed by atoms with Crippen LogP contribution in [0.15, 0.2) is 78.9 Å². The van der Waals surface area contributed by atoms with Crippen LogP contribution >= 0.6 is 23.4 Å². The molecule has 0 radical (unpaired) electrons. The van der Waals surface area contributed by atoms with E-state index in [1.54, 1.807) is 16.7 Å². The molecule has 3 aromatic carbocycles. The van der Waals surface area contributed by atoms with Crippen LogP contribution in [0.25, 0.3) is 0 Å². The van der Waals surface area contributed by atoms with Crippen LogP contribution in [-0.2, 0) is 28.3 Å². The van der Waals surface area contributed by atoms with Gasteiger partial charge in [0.25, 0.3) is 0 Å². The lowest BCUT2D eigenvalue weighted by Crippen LogP contribution is -2.51. The monoisotopic (exact) mass is 522 g/mol. The van der Waals surface area contributed by atoms with Crippen LogP contribution in [0, 0.1) is 12.8 Å². The average molecular weight is 523 g/mol. The Kier molecular flexibility index (Phi) is 10.9. The van der Waals surface area contributed by atoms with Crippen LogP contribution in [0.1, 0.15) is 36.1 Å². The zero-order chi connectivity index (χ0) is 25.9. The molecule has 0 spiro atoms. The largest absolute Gasteiger partial charge is 0.354 e. The molecule has 4 nitrogen and oxygen atoms in total. The fraction of sp³-hybridized carbons (Fsp3) is 0.333. The van der Waals surface area contributed by atoms with E-state index in [2.05, 4.69) is 25.2 Å². The molecule has 0 bridgehead atoms. The SMILES string of the molecule is Cc1cccc(CN(C(=O)CSCc2ccc(Cl)cc2)C(Cc2ccccc2)C(=O)NCC(C)C)c1. The second-order valence-electron chi connectivity index (χ2n) is 9.47. The zero-order valence-electron chi connectivity index (χ0n) is 21.2. The minimum atomic E-state index is -0.602. The molecular formula is C30H35ClN2O2S. The van der Waals surface area contributed by atoms with Gasteiger partial charge in [-0.25, -0.2) is 0 Å². The molecule has 3 rings (SSSR count). The third-order valence-corrected chi connectivity index (χ3v) is 7.04. The highest BCUT2D eigenvalue weighted by molar-refractivity contribution is 7.99. The van der Waals surface area contributed by atoms with E-state index in [0.29, 0.717) is 36.2 Å². The van der Waals surface area contributed by atoms with Gasteiger partial charge in [0.15, 0.2) is 0 Å². The smallest absolute Gasteiger partial charge is 0.243 e. The molecule has 2 amide bonds. The Morgan fingerprint density at radius 2 is 1.61 bits per heavy atom. The van der Waals surface area contributed by atoms with Crippen LogP contribution in [-0.4, -0.2) is 35.1 Å². The molecule has 1 atom stereocenters. The minimum Gasteiger partial charge on any atom is -0.354 e. The predicted molar refractivity (Wildman–Crippen MR) is 151 cm³/mol. The van der Waals surface area contributed by atoms with E-state index < -0.39 is 6.04 Å². The summed E-state index contributed by atoms with van der Waals surface area (Å²) >= 11 is 7.55. The summed E-state index contributed by atoms with van der Waals surface area (Å²) in [6.45, 7) is 7.12. The van der Waals surface area contributed by atoms with Crippen molar-refractivity contribution in [1.82, 2.24) is 10.2 Å². The number of rotatable bonds is 12. The third kappa shape index (κ3) is 9.03. The van der Waals surface area contributed by atoms with Crippen LogP contribution in [0.4, 0.5) is 0 Å². The molecule has 36 heavy (non-hydrogen) atoms. The van der Waals surface area contributed by atoms with Crippen molar-refractivity contribution in [2.75, 3.05) is 12.3 Å². The van der Waals surface area contributed by atoms with Crippen molar-refractivity contribution in [1.29, 1.82) is 0 Å². The fourth-order valence-electron chi connectivity index (χ4n) is 3.90. The molecule has 1 N–H and O–H groups in total. The normalized spacial score (nSPS) is 11.8. The van der Waals surface area contributed by atoms with Crippen molar-refractivity contribution in [2.45, 2.75) is 45.5 Å². The van der Waals surface area contributed by atoms with E-state index in [1.807, 2.05) is 79.7 Å². The van der Waals surface area contributed by atoms with E-state index in [9.17, 15) is 9.59 Å². The maximum absolute atomic E-state index is 13.7. The van der Waals surface area contributed by atoms with Crippen LogP contribution in [0.3, 0.4) is 0 Å². The number of benzene rings is 3. The third-order valence-electron chi connectivity index (χ3n) is 5.80. The minimum absolute atomic E-state index is 0.0453. The summed E-state index contributed by atoms with van der Waals surface area (Å²) in [4.78, 5) is 28.9. The Balaban J connectivity index is 1.83. The Bertz CT molecular complexity index is 1120. The van der Waals surface area contributed by atoms with Gasteiger partial charge in [-0.15, -0.1) is 11.8 Å². The number of hydrogen-bond acceptors (Lipinski definition) is 3. The zero-order valence-corrected chi connectivity index (χ0v) is 22.8. The summed E-state index contributed by atoms with van der Waals surface area (Å²) in [6, 6.07) is 25.1. The van der Waals surface area contributed by atoms with Gasteiger partial charge in [-0.1, -0.05) is 97.7 Å². The average Bonchev–Trinajstić information content (AvgIpc) is 2.86. The van der Waals surface area contributed by atoms with Crippen molar-refractivity contribution in [3.05, 3.63) is 106 Å². The van der Waals surface area contributed by atoms with Gasteiger partial charge in [0.05, 0.1) is 5.75 Å². The van der Waals surface area contributed by atoms with Gasteiger partial charge in [-0.2, -0.15) is 0 Å². The molecule has 0 aliphatic carbocycles. The van der Waals surface area contributed by atoms with Gasteiger partial charge in [-0.3, -0.25) is 9.59 Å². The summed E-state index contributed by atoms with van der Waals surface area (Å²) in [5, 5.41) is 3.76. The highest BCUT2D eigenvalue weighted by Gasteiger charge is 2.30. The Morgan fingerprint density at radius 3 is 2.28 bits per heavy atom. The number of amides is 2. The standard InChI is InChI=1S/C30H35ClN2O2S/c1-22(2)18-32-30(35)28(17-24-9-5-4-6-10-24)33(19-26-11-7-8-23(3)16-26)29(34)21-36-20-25-12-14-27(31)15-13-25/h4-16,22,28H,17-21H2,1-3H3,(H,32,35). The maximum atomic E-state index is 13.7. The number of carbonyl (C=O) groups is 2. The summed E-state index contributed by atoms with van der Waals surface area (Å²) in [5.41, 5.74) is 4.28. The first kappa shape index (κ1) is 27.8. The topological polar surface area (TPSA) is 49.4 Å². The Labute approximate surface area is 224 Å². The molecule has 1 unspecified atom stereocenters. The van der Waals surface area contributed by atoms with Crippen molar-refractivity contribution in [2.24, 2.45) is 5.92 Å². The number of halogens is 1. The van der Waals surface area contributed by atoms with Crippen molar-refractivity contribution < 1.29 is 9.59 Å². The van der Waals surface area contributed by atoms with E-state index in [0.717, 1.165) is 22.3 Å². The maximum Gasteiger partial charge on any atom is 0.243 e. The predicted octanol–water partition coefficient (Wildman–Crippen LogP) is 6.29. The Morgan fingerprint density at radius 1 is 0.917 bits per heavy atom. The van der Waals surface area contributed by atoms with Crippen molar-refractivity contribution in [3.63, 3.8) is 0 Å². The molecule has 0 saturated carbocycles. The van der Waals surface area contributed by atoms with Crippen molar-refractivity contribution in [3.8, 4) is 0 Å².